The van der Waals surface area contributed by atoms with Crippen LogP contribution in [0.25, 0.3) is 12.2 Å². The van der Waals surface area contributed by atoms with Crippen molar-refractivity contribution in [1.29, 1.82) is 0 Å². The number of H-pyrrole nitrogens is 2. The summed E-state index contributed by atoms with van der Waals surface area (Å²) < 4.78 is 0. The zero-order valence-electron chi connectivity index (χ0n) is 16.8. The summed E-state index contributed by atoms with van der Waals surface area (Å²) in [7, 11) is 0. The van der Waals surface area contributed by atoms with Gasteiger partial charge in [-0.15, -0.1) is 0 Å². The van der Waals surface area contributed by atoms with Crippen molar-refractivity contribution in [1.82, 2.24) is 9.97 Å². The van der Waals surface area contributed by atoms with Crippen LogP contribution in [0.1, 0.15) is 63.9 Å². The summed E-state index contributed by atoms with van der Waals surface area (Å²) in [6, 6.07) is 3.58. The normalized spacial score (nSPS) is 12.5. The Morgan fingerprint density at radius 2 is 1.46 bits per heavy atom. The van der Waals surface area contributed by atoms with Gasteiger partial charge >= 0.3 is 16.9 Å². The predicted octanol–water partition coefficient (Wildman–Crippen LogP) is 3.44. The summed E-state index contributed by atoms with van der Waals surface area (Å²) >= 11 is 0. The van der Waals surface area contributed by atoms with Gasteiger partial charge in [0.2, 0.25) is 0 Å². The highest BCUT2D eigenvalue weighted by Crippen LogP contribution is 2.40. The molecule has 0 fully saturated rings. The molecule has 2 rings (SSSR count). The standard InChI is InChI=1S/C20H25N3O5/c1-19(2,3)12-9-11(10-13(16(12)24)20(4,5)6)7-8-14-15(23(27)28)17(25)22-18(26)21-14/h7-10,24H,1-6H3,(H2,21,22,25,26). The number of rotatable bonds is 3. The molecule has 1 heterocycles. The van der Waals surface area contributed by atoms with Crippen LogP contribution >= 0.6 is 0 Å². The van der Waals surface area contributed by atoms with Crippen molar-refractivity contribution < 1.29 is 10.0 Å². The number of aromatic hydroxyl groups is 1. The predicted molar refractivity (Wildman–Crippen MR) is 109 cm³/mol. The van der Waals surface area contributed by atoms with Gasteiger partial charge in [-0.25, -0.2) is 4.79 Å². The van der Waals surface area contributed by atoms with Crippen LogP contribution < -0.4 is 11.2 Å². The number of benzene rings is 1. The zero-order valence-corrected chi connectivity index (χ0v) is 16.8. The Kier molecular flexibility index (Phi) is 5.36. The van der Waals surface area contributed by atoms with E-state index in [4.69, 9.17) is 0 Å². The summed E-state index contributed by atoms with van der Waals surface area (Å²) in [5.74, 6) is 0.215. The Balaban J connectivity index is 2.70. The average Bonchev–Trinajstić information content (AvgIpc) is 2.50. The number of aromatic amines is 2. The highest BCUT2D eigenvalue weighted by molar-refractivity contribution is 5.73. The summed E-state index contributed by atoms with van der Waals surface area (Å²) in [5.41, 5.74) is -1.35. The van der Waals surface area contributed by atoms with Crippen molar-refractivity contribution >= 4 is 17.8 Å². The van der Waals surface area contributed by atoms with E-state index in [0.29, 0.717) is 5.56 Å². The Labute approximate surface area is 162 Å². The van der Waals surface area contributed by atoms with Gasteiger partial charge in [-0.05, 0) is 34.6 Å². The van der Waals surface area contributed by atoms with Crippen LogP contribution in [-0.4, -0.2) is 20.0 Å². The van der Waals surface area contributed by atoms with Crippen molar-refractivity contribution in [3.63, 3.8) is 0 Å². The van der Waals surface area contributed by atoms with Crippen molar-refractivity contribution in [2.75, 3.05) is 0 Å². The molecule has 28 heavy (non-hydrogen) atoms. The molecule has 2 aromatic rings. The molecule has 3 N–H and O–H groups in total. The third-order valence-electron chi connectivity index (χ3n) is 4.32. The maximum atomic E-state index is 11.7. The van der Waals surface area contributed by atoms with Crippen molar-refractivity contribution in [2.45, 2.75) is 52.4 Å². The van der Waals surface area contributed by atoms with Gasteiger partial charge in [-0.3, -0.25) is 19.9 Å². The maximum absolute atomic E-state index is 11.7. The minimum absolute atomic E-state index is 0.193. The first-order chi connectivity index (χ1) is 12.7. The molecule has 0 amide bonds. The molecule has 0 radical (unpaired) electrons. The second kappa shape index (κ2) is 7.10. The molecule has 0 atom stereocenters. The molecule has 0 aliphatic heterocycles. The Morgan fingerprint density at radius 3 is 1.89 bits per heavy atom. The van der Waals surface area contributed by atoms with Crippen LogP contribution in [0.4, 0.5) is 5.69 Å². The molecule has 0 spiro atoms. The summed E-state index contributed by atoms with van der Waals surface area (Å²) in [6.45, 7) is 11.8. The van der Waals surface area contributed by atoms with Gasteiger partial charge in [-0.2, -0.15) is 0 Å². The lowest BCUT2D eigenvalue weighted by Crippen LogP contribution is -2.25. The van der Waals surface area contributed by atoms with E-state index in [1.165, 1.54) is 6.08 Å². The van der Waals surface area contributed by atoms with Crippen molar-refractivity contribution in [3.05, 3.63) is 65.5 Å². The second-order valence-electron chi connectivity index (χ2n) is 8.73. The quantitative estimate of drug-likeness (QED) is 0.549. The smallest absolute Gasteiger partial charge is 0.357 e. The number of nitrogens with zero attached hydrogens (tertiary/aromatic N) is 1. The maximum Gasteiger partial charge on any atom is 0.357 e. The molecular weight excluding hydrogens is 362 g/mol. The molecule has 1 aromatic heterocycles. The SMILES string of the molecule is CC(C)(C)c1cc(C=Cc2[nH]c(=O)[nH]c(=O)c2[N+](=O)[O-])cc(C(C)(C)C)c1O. The van der Waals surface area contributed by atoms with Crippen LogP contribution in [0.3, 0.4) is 0 Å². The van der Waals surface area contributed by atoms with E-state index in [0.717, 1.165) is 11.1 Å². The van der Waals surface area contributed by atoms with Crippen LogP contribution in [0.2, 0.25) is 0 Å². The first-order valence-corrected chi connectivity index (χ1v) is 8.79. The number of phenolic OH excluding ortho intramolecular Hbond substituents is 1. The molecule has 0 aliphatic carbocycles. The highest BCUT2D eigenvalue weighted by atomic mass is 16.6. The monoisotopic (exact) mass is 387 g/mol. The zero-order chi connectivity index (χ0) is 21.4. The second-order valence-corrected chi connectivity index (χ2v) is 8.73. The van der Waals surface area contributed by atoms with E-state index in [2.05, 4.69) is 4.98 Å². The third-order valence-corrected chi connectivity index (χ3v) is 4.32. The van der Waals surface area contributed by atoms with Gasteiger partial charge in [0.15, 0.2) is 0 Å². The fourth-order valence-electron chi connectivity index (χ4n) is 2.88. The van der Waals surface area contributed by atoms with Crippen LogP contribution in [-0.2, 0) is 10.8 Å². The van der Waals surface area contributed by atoms with Gasteiger partial charge in [-0.1, -0.05) is 47.6 Å². The van der Waals surface area contributed by atoms with E-state index >= 15 is 0 Å². The molecule has 8 nitrogen and oxygen atoms in total. The molecule has 150 valence electrons. The molecule has 8 heteroatoms. The Morgan fingerprint density at radius 1 is 0.964 bits per heavy atom. The lowest BCUT2D eigenvalue weighted by molar-refractivity contribution is -0.386. The van der Waals surface area contributed by atoms with E-state index < -0.39 is 21.9 Å². The van der Waals surface area contributed by atoms with Crippen LogP contribution in [0, 0.1) is 10.1 Å². The van der Waals surface area contributed by atoms with Gasteiger partial charge in [0, 0.05) is 11.1 Å². The van der Waals surface area contributed by atoms with Crippen LogP contribution in [0.15, 0.2) is 21.7 Å². The van der Waals surface area contributed by atoms with Gasteiger partial charge in [0.05, 0.1) is 4.92 Å². The number of hydrogen-bond donors (Lipinski definition) is 3. The van der Waals surface area contributed by atoms with Crippen LogP contribution in [0.5, 0.6) is 5.75 Å². The van der Waals surface area contributed by atoms with Gasteiger partial charge in [0.1, 0.15) is 11.4 Å². The average molecular weight is 387 g/mol. The molecule has 1 aromatic carbocycles. The number of nitrogens with one attached hydrogen (secondary N) is 2. The lowest BCUT2D eigenvalue weighted by atomic mass is 9.78. The minimum Gasteiger partial charge on any atom is -0.507 e. The van der Waals surface area contributed by atoms with Crippen molar-refractivity contribution in [2.24, 2.45) is 0 Å². The van der Waals surface area contributed by atoms with Gasteiger partial charge in [0.25, 0.3) is 0 Å². The minimum atomic E-state index is -1.06. The lowest BCUT2D eigenvalue weighted by Gasteiger charge is -2.27. The Bertz CT molecular complexity index is 1030. The summed E-state index contributed by atoms with van der Waals surface area (Å²) in [5, 5.41) is 21.9. The number of aromatic nitrogens is 2. The third kappa shape index (κ3) is 4.39. The summed E-state index contributed by atoms with van der Waals surface area (Å²) in [6.07, 6.45) is 2.89. The topological polar surface area (TPSA) is 129 Å². The molecule has 0 unspecified atom stereocenters. The fourth-order valence-corrected chi connectivity index (χ4v) is 2.88. The van der Waals surface area contributed by atoms with E-state index in [1.807, 2.05) is 46.5 Å². The Hall–Kier alpha value is -3.16. The van der Waals surface area contributed by atoms with Gasteiger partial charge < -0.3 is 10.1 Å². The number of nitro groups is 1. The number of hydrogen-bond acceptors (Lipinski definition) is 5. The first kappa shape index (κ1) is 21.1. The summed E-state index contributed by atoms with van der Waals surface area (Å²) in [4.78, 5) is 37.7. The van der Waals surface area contributed by atoms with E-state index in [1.54, 1.807) is 18.2 Å². The molecular formula is C20H25N3O5. The van der Waals surface area contributed by atoms with Crippen molar-refractivity contribution in [3.8, 4) is 5.75 Å². The highest BCUT2D eigenvalue weighted by Gasteiger charge is 2.26. The van der Waals surface area contributed by atoms with E-state index in [9.17, 15) is 24.8 Å². The molecule has 0 aliphatic rings. The number of phenols is 1. The molecule has 0 saturated carbocycles. The molecule has 0 bridgehead atoms. The fraction of sp³-hybridized carbons (Fsp3) is 0.400. The van der Waals surface area contributed by atoms with E-state index in [-0.39, 0.29) is 22.3 Å². The first-order valence-electron chi connectivity index (χ1n) is 8.79. The largest absolute Gasteiger partial charge is 0.507 e. The molecule has 0 saturated heterocycles.